The molecule has 0 aromatic heterocycles. The van der Waals surface area contributed by atoms with Crippen LogP contribution in [0.2, 0.25) is 0 Å². The van der Waals surface area contributed by atoms with Crippen molar-refractivity contribution in [2.24, 2.45) is 0 Å². The van der Waals surface area contributed by atoms with E-state index in [1.165, 1.54) is 99.1 Å². The van der Waals surface area contributed by atoms with Gasteiger partial charge in [0, 0.05) is 0 Å². The summed E-state index contributed by atoms with van der Waals surface area (Å²) in [7, 11) is 0. The molecule has 2 aliphatic carbocycles. The van der Waals surface area contributed by atoms with Crippen molar-refractivity contribution in [3.8, 4) is 44.5 Å². The summed E-state index contributed by atoms with van der Waals surface area (Å²) >= 11 is 0. The molecule has 0 unspecified atom stereocenters. The second-order valence-corrected chi connectivity index (χ2v) is 12.4. The third-order valence-electron chi connectivity index (χ3n) is 10.2. The van der Waals surface area contributed by atoms with Crippen molar-refractivity contribution in [1.29, 1.82) is 0 Å². The summed E-state index contributed by atoms with van der Waals surface area (Å²) in [5.41, 5.74) is 16.5. The van der Waals surface area contributed by atoms with E-state index >= 15 is 0 Å². The minimum atomic E-state index is 0.990. The van der Waals surface area contributed by atoms with Crippen LogP contribution in [0.15, 0.2) is 146 Å². The average molecular weight is 557 g/mol. The summed E-state index contributed by atoms with van der Waals surface area (Å²) in [5, 5.41) is 7.90. The maximum Gasteiger partial charge on any atom is -0.000729 e. The lowest BCUT2D eigenvalue weighted by atomic mass is 9.88. The minimum Gasteiger partial charge on any atom is -0.0619 e. The van der Waals surface area contributed by atoms with E-state index in [4.69, 9.17) is 0 Å². The van der Waals surface area contributed by atoms with Crippen LogP contribution in [0.4, 0.5) is 0 Å². The van der Waals surface area contributed by atoms with E-state index in [2.05, 4.69) is 146 Å². The van der Waals surface area contributed by atoms with E-state index in [0.717, 1.165) is 12.8 Å². The highest BCUT2D eigenvalue weighted by molar-refractivity contribution is 6.26. The predicted molar refractivity (Wildman–Crippen MR) is 186 cm³/mol. The van der Waals surface area contributed by atoms with Crippen LogP contribution in [0, 0.1) is 0 Å². The molecule has 8 aromatic rings. The Hall–Kier alpha value is -5.46. The van der Waals surface area contributed by atoms with Gasteiger partial charge >= 0.3 is 0 Å². The molecule has 0 aliphatic heterocycles. The van der Waals surface area contributed by atoms with Crippen molar-refractivity contribution in [1.82, 2.24) is 0 Å². The van der Waals surface area contributed by atoms with Gasteiger partial charge in [0.2, 0.25) is 0 Å². The lowest BCUT2D eigenvalue weighted by molar-refractivity contribution is 1.26. The first kappa shape index (κ1) is 24.0. The minimum absolute atomic E-state index is 0.990. The number of fused-ring (bicyclic) bond motifs is 12. The average Bonchev–Trinajstić information content (AvgIpc) is 3.67. The largest absolute Gasteiger partial charge is 0.0619 e. The lowest BCUT2D eigenvalue weighted by Gasteiger charge is -2.16. The Balaban J connectivity index is 1.22. The Bertz CT molecular complexity index is 2320. The number of rotatable bonds is 2. The van der Waals surface area contributed by atoms with Crippen LogP contribution in [0.5, 0.6) is 0 Å². The van der Waals surface area contributed by atoms with Crippen molar-refractivity contribution in [2.45, 2.75) is 12.8 Å². The van der Waals surface area contributed by atoms with Crippen molar-refractivity contribution >= 4 is 32.3 Å². The Morgan fingerprint density at radius 3 is 1.16 bits per heavy atom. The second kappa shape index (κ2) is 9.02. The first-order valence-corrected chi connectivity index (χ1v) is 15.6. The molecule has 44 heavy (non-hydrogen) atoms. The number of hydrogen-bond donors (Lipinski definition) is 0. The number of benzene rings is 8. The van der Waals surface area contributed by atoms with Crippen molar-refractivity contribution in [3.05, 3.63) is 168 Å². The van der Waals surface area contributed by atoms with E-state index < -0.39 is 0 Å². The quantitative estimate of drug-likeness (QED) is 0.186. The Morgan fingerprint density at radius 2 is 0.659 bits per heavy atom. The van der Waals surface area contributed by atoms with Gasteiger partial charge < -0.3 is 0 Å². The summed E-state index contributed by atoms with van der Waals surface area (Å²) in [6.07, 6.45) is 1.98. The SMILES string of the molecule is c1ccc2c(c1)Cc1c(-c3ccc4c5ccccc5c5ccc(-c6cccc7c6Cc6ccccc6-7)cc5c4c3)cccc1-2. The maximum atomic E-state index is 2.46. The van der Waals surface area contributed by atoms with E-state index in [9.17, 15) is 0 Å². The van der Waals surface area contributed by atoms with Crippen LogP contribution in [0.3, 0.4) is 0 Å². The standard InChI is InChI=1S/C44H28/c1-3-11-31-27(9-1)23-41-33(15-7-17-35(31)41)29-19-21-39-37-13-5-6-14-38(37)40-22-20-30(26-44(40)43(39)25-29)34-16-8-18-36-32-12-4-2-10-28(32)24-42(34)36/h1-22,25-26H,23-24H2. The van der Waals surface area contributed by atoms with Crippen LogP contribution in [0.1, 0.15) is 22.3 Å². The van der Waals surface area contributed by atoms with Crippen LogP contribution >= 0.6 is 0 Å². The van der Waals surface area contributed by atoms with E-state index in [1.807, 2.05) is 0 Å². The zero-order valence-corrected chi connectivity index (χ0v) is 24.3. The molecule has 0 radical (unpaired) electrons. The molecule has 2 aliphatic rings. The van der Waals surface area contributed by atoms with Gasteiger partial charge in [-0.1, -0.05) is 133 Å². The molecule has 0 fully saturated rings. The highest BCUT2D eigenvalue weighted by Crippen LogP contribution is 2.45. The lowest BCUT2D eigenvalue weighted by Crippen LogP contribution is -1.91. The van der Waals surface area contributed by atoms with Crippen LogP contribution < -0.4 is 0 Å². The molecule has 204 valence electrons. The fourth-order valence-corrected chi connectivity index (χ4v) is 8.15. The van der Waals surface area contributed by atoms with E-state index in [1.54, 1.807) is 0 Å². The van der Waals surface area contributed by atoms with Gasteiger partial charge in [-0.15, -0.1) is 0 Å². The van der Waals surface area contributed by atoms with Crippen molar-refractivity contribution in [3.63, 3.8) is 0 Å². The van der Waals surface area contributed by atoms with Crippen LogP contribution in [-0.4, -0.2) is 0 Å². The first-order chi connectivity index (χ1) is 21.8. The first-order valence-electron chi connectivity index (χ1n) is 15.6. The smallest absolute Gasteiger partial charge is 0.000729 e. The molecule has 0 saturated carbocycles. The summed E-state index contributed by atoms with van der Waals surface area (Å²) < 4.78 is 0. The third kappa shape index (κ3) is 3.34. The second-order valence-electron chi connectivity index (χ2n) is 12.4. The van der Waals surface area contributed by atoms with Gasteiger partial charge in [-0.3, -0.25) is 0 Å². The molecular formula is C44H28. The van der Waals surface area contributed by atoms with Gasteiger partial charge in [0.25, 0.3) is 0 Å². The molecule has 0 N–H and O–H groups in total. The van der Waals surface area contributed by atoms with Gasteiger partial charge in [-0.05, 0) is 124 Å². The fourth-order valence-electron chi connectivity index (χ4n) is 8.15. The maximum absolute atomic E-state index is 2.46. The zero-order valence-electron chi connectivity index (χ0n) is 24.3. The van der Waals surface area contributed by atoms with E-state index in [-0.39, 0.29) is 0 Å². The fraction of sp³-hybridized carbons (Fsp3) is 0.0455. The molecule has 8 aromatic carbocycles. The summed E-state index contributed by atoms with van der Waals surface area (Å²) in [5.74, 6) is 0. The third-order valence-corrected chi connectivity index (χ3v) is 10.2. The summed E-state index contributed by atoms with van der Waals surface area (Å²) in [6, 6.07) is 54.6. The van der Waals surface area contributed by atoms with Crippen LogP contribution in [-0.2, 0) is 12.8 Å². The number of hydrogen-bond acceptors (Lipinski definition) is 0. The Morgan fingerprint density at radius 1 is 0.273 bits per heavy atom. The molecule has 0 saturated heterocycles. The monoisotopic (exact) mass is 556 g/mol. The van der Waals surface area contributed by atoms with Crippen molar-refractivity contribution in [2.75, 3.05) is 0 Å². The van der Waals surface area contributed by atoms with E-state index in [0.29, 0.717) is 0 Å². The topological polar surface area (TPSA) is 0 Å². The highest BCUT2D eigenvalue weighted by atomic mass is 14.3. The molecule has 0 spiro atoms. The highest BCUT2D eigenvalue weighted by Gasteiger charge is 2.23. The van der Waals surface area contributed by atoms with Gasteiger partial charge in [0.15, 0.2) is 0 Å². The van der Waals surface area contributed by atoms with Gasteiger partial charge in [-0.2, -0.15) is 0 Å². The zero-order chi connectivity index (χ0) is 28.8. The molecule has 10 rings (SSSR count). The Kier molecular flexibility index (Phi) is 4.93. The predicted octanol–water partition coefficient (Wildman–Crippen LogP) is 11.6. The normalized spacial score (nSPS) is 12.8. The molecule has 0 nitrogen and oxygen atoms in total. The molecule has 0 heterocycles. The van der Waals surface area contributed by atoms with Gasteiger partial charge in [-0.25, -0.2) is 0 Å². The summed E-state index contributed by atoms with van der Waals surface area (Å²) in [4.78, 5) is 0. The van der Waals surface area contributed by atoms with Crippen molar-refractivity contribution < 1.29 is 0 Å². The van der Waals surface area contributed by atoms with Crippen LogP contribution in [0.25, 0.3) is 76.8 Å². The van der Waals surface area contributed by atoms with Gasteiger partial charge in [0.1, 0.15) is 0 Å². The molecule has 0 amide bonds. The molecule has 0 heteroatoms. The summed E-state index contributed by atoms with van der Waals surface area (Å²) in [6.45, 7) is 0. The molecular weight excluding hydrogens is 528 g/mol. The van der Waals surface area contributed by atoms with Gasteiger partial charge in [0.05, 0.1) is 0 Å². The molecule has 0 atom stereocenters. The molecule has 0 bridgehead atoms. The Labute approximate surface area is 256 Å².